The largest absolute Gasteiger partial charge is 0.468 e. The summed E-state index contributed by atoms with van der Waals surface area (Å²) in [4.78, 5) is 12.3. The Morgan fingerprint density at radius 1 is 1.62 bits per heavy atom. The number of aromatic nitrogens is 4. The molecule has 0 aliphatic heterocycles. The van der Waals surface area contributed by atoms with Crippen molar-refractivity contribution < 1.29 is 9.53 Å². The average Bonchev–Trinajstić information content (AvgIpc) is 3.07. The number of nitrogens with one attached hydrogen (secondary N) is 1. The predicted octanol–water partition coefficient (Wildman–Crippen LogP) is 1.01. The lowest BCUT2D eigenvalue weighted by Gasteiger charge is -2.33. The highest BCUT2D eigenvalue weighted by Gasteiger charge is 2.48. The van der Waals surface area contributed by atoms with Gasteiger partial charge in [-0.3, -0.25) is 4.79 Å². The molecule has 1 aromatic heterocycles. The Morgan fingerprint density at radius 3 is 3.05 bits per heavy atom. The Bertz CT molecular complexity index is 481. The van der Waals surface area contributed by atoms with Crippen molar-refractivity contribution in [2.75, 3.05) is 19.4 Å². The third-order valence-corrected chi connectivity index (χ3v) is 5.19. The fraction of sp³-hybridized carbons (Fsp3) is 0.846. The number of hydrogen-bond donors (Lipinski definition) is 1. The molecule has 0 bridgehead atoms. The van der Waals surface area contributed by atoms with Gasteiger partial charge in [-0.2, -0.15) is 0 Å². The highest BCUT2D eigenvalue weighted by molar-refractivity contribution is 7.99. The molecule has 2 atom stereocenters. The van der Waals surface area contributed by atoms with Crippen molar-refractivity contribution in [3.05, 3.63) is 0 Å². The molecule has 8 heteroatoms. The molecule has 1 saturated carbocycles. The SMILES string of the molecule is CCNC1(C(=O)OC)CCCC1CCSc1nnnn1C. The van der Waals surface area contributed by atoms with Crippen LogP contribution in [0.2, 0.25) is 0 Å². The van der Waals surface area contributed by atoms with Gasteiger partial charge in [-0.1, -0.05) is 25.1 Å². The number of carbonyl (C=O) groups excluding carboxylic acids is 1. The third kappa shape index (κ3) is 3.37. The highest BCUT2D eigenvalue weighted by Crippen LogP contribution is 2.39. The maximum absolute atomic E-state index is 12.3. The van der Waals surface area contributed by atoms with Gasteiger partial charge in [-0.15, -0.1) is 5.10 Å². The van der Waals surface area contributed by atoms with Crippen molar-refractivity contribution in [1.82, 2.24) is 25.5 Å². The van der Waals surface area contributed by atoms with Crippen LogP contribution >= 0.6 is 11.8 Å². The third-order valence-electron chi connectivity index (χ3n) is 4.14. The quantitative estimate of drug-likeness (QED) is 0.594. The van der Waals surface area contributed by atoms with Crippen molar-refractivity contribution in [1.29, 1.82) is 0 Å². The number of thioether (sulfide) groups is 1. The van der Waals surface area contributed by atoms with Gasteiger partial charge in [0.25, 0.3) is 0 Å². The van der Waals surface area contributed by atoms with E-state index in [1.54, 1.807) is 16.4 Å². The van der Waals surface area contributed by atoms with Gasteiger partial charge in [0.1, 0.15) is 5.54 Å². The number of aryl methyl sites for hydroxylation is 1. The van der Waals surface area contributed by atoms with Gasteiger partial charge in [0, 0.05) is 12.8 Å². The van der Waals surface area contributed by atoms with E-state index >= 15 is 0 Å². The lowest BCUT2D eigenvalue weighted by Crippen LogP contribution is -2.55. The Morgan fingerprint density at radius 2 is 2.43 bits per heavy atom. The molecule has 1 N–H and O–H groups in total. The first kappa shape index (κ1) is 16.2. The van der Waals surface area contributed by atoms with E-state index in [2.05, 4.69) is 20.8 Å². The van der Waals surface area contributed by atoms with Gasteiger partial charge >= 0.3 is 5.97 Å². The summed E-state index contributed by atoms with van der Waals surface area (Å²) in [6, 6.07) is 0. The minimum atomic E-state index is -0.512. The first-order valence-electron chi connectivity index (χ1n) is 7.32. The molecule has 1 heterocycles. The van der Waals surface area contributed by atoms with Crippen molar-refractivity contribution in [3.8, 4) is 0 Å². The number of ether oxygens (including phenoxy) is 1. The first-order valence-corrected chi connectivity index (χ1v) is 8.31. The lowest BCUT2D eigenvalue weighted by atomic mass is 9.85. The number of nitrogens with zero attached hydrogens (tertiary/aromatic N) is 4. The topological polar surface area (TPSA) is 81.9 Å². The van der Waals surface area contributed by atoms with Crippen LogP contribution < -0.4 is 5.32 Å². The molecule has 0 aromatic carbocycles. The monoisotopic (exact) mass is 313 g/mol. The molecule has 0 spiro atoms. The van der Waals surface area contributed by atoms with Gasteiger partial charge < -0.3 is 10.1 Å². The van der Waals surface area contributed by atoms with Gasteiger partial charge in [0.15, 0.2) is 0 Å². The van der Waals surface area contributed by atoms with Crippen molar-refractivity contribution in [3.63, 3.8) is 0 Å². The van der Waals surface area contributed by atoms with E-state index in [4.69, 9.17) is 4.74 Å². The lowest BCUT2D eigenvalue weighted by molar-refractivity contribution is -0.150. The van der Waals surface area contributed by atoms with Crippen LogP contribution in [-0.4, -0.2) is 51.1 Å². The number of rotatable bonds is 7. The molecule has 1 fully saturated rings. The van der Waals surface area contributed by atoms with Gasteiger partial charge in [0.2, 0.25) is 5.16 Å². The van der Waals surface area contributed by atoms with Crippen LogP contribution in [-0.2, 0) is 16.6 Å². The van der Waals surface area contributed by atoms with Crippen molar-refractivity contribution >= 4 is 17.7 Å². The van der Waals surface area contributed by atoms with E-state index in [0.717, 1.165) is 43.1 Å². The summed E-state index contributed by atoms with van der Waals surface area (Å²) >= 11 is 1.63. The number of hydrogen-bond acceptors (Lipinski definition) is 7. The second-order valence-corrected chi connectivity index (χ2v) is 6.37. The Hall–Kier alpha value is -1.15. The van der Waals surface area contributed by atoms with Gasteiger partial charge in [-0.05, 0) is 42.2 Å². The van der Waals surface area contributed by atoms with E-state index in [0.29, 0.717) is 5.92 Å². The molecule has 2 unspecified atom stereocenters. The molecule has 7 nitrogen and oxygen atoms in total. The molecule has 0 radical (unpaired) electrons. The summed E-state index contributed by atoms with van der Waals surface area (Å²) in [5.41, 5.74) is -0.512. The molecule has 2 rings (SSSR count). The zero-order chi connectivity index (χ0) is 15.3. The maximum atomic E-state index is 12.3. The Balaban J connectivity index is 1.97. The number of methoxy groups -OCH3 is 1. The van der Waals surface area contributed by atoms with E-state index in [1.165, 1.54) is 7.11 Å². The van der Waals surface area contributed by atoms with Crippen LogP contribution in [0.1, 0.15) is 32.6 Å². The van der Waals surface area contributed by atoms with E-state index in [9.17, 15) is 4.79 Å². The van der Waals surface area contributed by atoms with Crippen LogP contribution in [0.3, 0.4) is 0 Å². The molecule has 0 saturated heterocycles. The van der Waals surface area contributed by atoms with Crippen LogP contribution in [0.25, 0.3) is 0 Å². The van der Waals surface area contributed by atoms with E-state index in [1.807, 2.05) is 14.0 Å². The zero-order valence-electron chi connectivity index (χ0n) is 12.8. The zero-order valence-corrected chi connectivity index (χ0v) is 13.7. The van der Waals surface area contributed by atoms with E-state index < -0.39 is 5.54 Å². The summed E-state index contributed by atoms with van der Waals surface area (Å²) in [5.74, 6) is 1.07. The molecule has 0 amide bonds. The molecule has 21 heavy (non-hydrogen) atoms. The first-order chi connectivity index (χ1) is 10.1. The number of carbonyl (C=O) groups is 1. The summed E-state index contributed by atoms with van der Waals surface area (Å²) in [5, 5.41) is 15.6. The molecule has 1 aliphatic rings. The standard InChI is InChI=1S/C13H23N5O2S/c1-4-14-13(11(19)20-3)8-5-6-10(13)7-9-21-12-15-16-17-18(12)2/h10,14H,4-9H2,1-3H3. The van der Waals surface area contributed by atoms with E-state index in [-0.39, 0.29) is 5.97 Å². The normalized spacial score (nSPS) is 25.2. The van der Waals surface area contributed by atoms with Crippen LogP contribution in [0.15, 0.2) is 5.16 Å². The maximum Gasteiger partial charge on any atom is 0.326 e. The minimum absolute atomic E-state index is 0.128. The molecule has 118 valence electrons. The van der Waals surface area contributed by atoms with Crippen LogP contribution in [0.5, 0.6) is 0 Å². The average molecular weight is 313 g/mol. The fourth-order valence-corrected chi connectivity index (χ4v) is 4.08. The Labute approximate surface area is 129 Å². The highest BCUT2D eigenvalue weighted by atomic mass is 32.2. The van der Waals surface area contributed by atoms with Crippen molar-refractivity contribution in [2.24, 2.45) is 13.0 Å². The predicted molar refractivity (Wildman–Crippen MR) is 79.9 cm³/mol. The second-order valence-electron chi connectivity index (χ2n) is 5.30. The second kappa shape index (κ2) is 7.22. The summed E-state index contributed by atoms with van der Waals surface area (Å²) in [7, 11) is 3.30. The number of esters is 1. The van der Waals surface area contributed by atoms with Gasteiger partial charge in [0.05, 0.1) is 7.11 Å². The molecular formula is C13H23N5O2S. The van der Waals surface area contributed by atoms with Gasteiger partial charge in [-0.25, -0.2) is 4.68 Å². The minimum Gasteiger partial charge on any atom is -0.468 e. The fourth-order valence-electron chi connectivity index (χ4n) is 3.18. The molecular weight excluding hydrogens is 290 g/mol. The summed E-state index contributed by atoms with van der Waals surface area (Å²) in [6.45, 7) is 2.80. The van der Waals surface area contributed by atoms with Crippen molar-refractivity contribution in [2.45, 2.75) is 43.3 Å². The summed E-state index contributed by atoms with van der Waals surface area (Å²) in [6.07, 6.45) is 3.91. The van der Waals surface area contributed by atoms with Crippen LogP contribution in [0.4, 0.5) is 0 Å². The smallest absolute Gasteiger partial charge is 0.326 e. The number of likely N-dealkylation sites (N-methyl/N-ethyl adjacent to an activating group) is 1. The summed E-state index contributed by atoms with van der Waals surface area (Å²) < 4.78 is 6.71. The molecule has 1 aromatic rings. The van der Waals surface area contributed by atoms with Crippen LogP contribution in [0, 0.1) is 5.92 Å². The molecule has 1 aliphatic carbocycles. The Kier molecular flexibility index (Phi) is 5.58. The number of tetrazole rings is 1.